The molecule has 4 heteroatoms. The Morgan fingerprint density at radius 1 is 0.333 bits per heavy atom. The van der Waals surface area contributed by atoms with E-state index in [1.54, 1.807) is 0 Å². The minimum atomic E-state index is -1.56. The minimum absolute atomic E-state index is 0.484. The van der Waals surface area contributed by atoms with Crippen LogP contribution < -0.4 is 0 Å². The maximum atomic E-state index is 6.09. The van der Waals surface area contributed by atoms with Gasteiger partial charge in [0.2, 0.25) is 0 Å². The van der Waals surface area contributed by atoms with E-state index in [9.17, 15) is 0 Å². The smallest absolute Gasteiger partial charge is 0.297 e. The molecule has 0 aromatic heterocycles. The minimum Gasteiger partial charge on any atom is -0.297 e. The fourth-order valence-corrected chi connectivity index (χ4v) is 1.63. The highest BCUT2D eigenvalue weighted by atomic mass is 17.0. The van der Waals surface area contributed by atoms with Crippen LogP contribution in [0.3, 0.4) is 0 Å². The Morgan fingerprint density at radius 2 is 0.476 bits per heavy atom. The molecule has 4 nitrogen and oxygen atoms in total. The molecule has 0 atom stereocenters. The van der Waals surface area contributed by atoms with E-state index in [1.165, 1.54) is 0 Å². The molecular weight excluding hydrogens is 268 g/mol. The van der Waals surface area contributed by atoms with Crippen molar-refractivity contribution in [2.45, 2.75) is 112 Å². The Hall–Kier alpha value is -0.160. The van der Waals surface area contributed by atoms with Gasteiger partial charge in [-0.05, 0) is 83.1 Å². The third-order valence-corrected chi connectivity index (χ3v) is 1.72. The largest absolute Gasteiger partial charge is 0.414 e. The van der Waals surface area contributed by atoms with Crippen molar-refractivity contribution in [1.82, 2.24) is 0 Å². The molecule has 0 bridgehead atoms. The highest BCUT2D eigenvalue weighted by Gasteiger charge is 2.48. The van der Waals surface area contributed by atoms with Gasteiger partial charge in [0.15, 0.2) is 0 Å². The van der Waals surface area contributed by atoms with Crippen LogP contribution in [0.25, 0.3) is 0 Å². The van der Waals surface area contributed by atoms with Crippen LogP contribution in [-0.2, 0) is 18.9 Å². The predicted molar refractivity (Wildman–Crippen MR) is 86.1 cm³/mol. The van der Waals surface area contributed by atoms with Gasteiger partial charge in [-0.25, -0.2) is 0 Å². The third-order valence-electron chi connectivity index (χ3n) is 1.72. The standard InChI is InChI=1S/C17H36O4/c1-13(2,3)18-17(19-14(4,5)6,20-15(7,8)9)21-16(10,11)12/h1-12H3. The van der Waals surface area contributed by atoms with Crippen molar-refractivity contribution in [3.63, 3.8) is 0 Å². The SMILES string of the molecule is CC(C)(C)OC(OC(C)(C)C)(OC(C)(C)C)OC(C)(C)C. The van der Waals surface area contributed by atoms with Crippen molar-refractivity contribution in [3.05, 3.63) is 0 Å². The van der Waals surface area contributed by atoms with Gasteiger partial charge in [-0.3, -0.25) is 18.9 Å². The zero-order valence-electron chi connectivity index (χ0n) is 16.1. The fraction of sp³-hybridized carbons (Fsp3) is 1.00. The molecule has 0 aromatic carbocycles. The lowest BCUT2D eigenvalue weighted by Gasteiger charge is -2.46. The monoisotopic (exact) mass is 304 g/mol. The van der Waals surface area contributed by atoms with E-state index in [0.717, 1.165) is 0 Å². The zero-order chi connectivity index (χ0) is 17.3. The van der Waals surface area contributed by atoms with Crippen LogP contribution in [0.5, 0.6) is 0 Å². The molecule has 0 heterocycles. The summed E-state index contributed by atoms with van der Waals surface area (Å²) in [6, 6.07) is 0. The lowest BCUT2D eigenvalue weighted by Crippen LogP contribution is -2.56. The van der Waals surface area contributed by atoms with Crippen LogP contribution in [0, 0.1) is 0 Å². The maximum absolute atomic E-state index is 6.09. The average molecular weight is 304 g/mol. The van der Waals surface area contributed by atoms with E-state index in [0.29, 0.717) is 0 Å². The van der Waals surface area contributed by atoms with Crippen LogP contribution in [0.1, 0.15) is 83.1 Å². The second-order valence-corrected chi connectivity index (χ2v) is 9.36. The summed E-state index contributed by atoms with van der Waals surface area (Å²) >= 11 is 0. The van der Waals surface area contributed by atoms with Crippen molar-refractivity contribution < 1.29 is 18.9 Å². The van der Waals surface area contributed by atoms with Crippen molar-refractivity contribution in [3.8, 4) is 0 Å². The zero-order valence-corrected chi connectivity index (χ0v) is 16.1. The molecule has 0 saturated heterocycles. The van der Waals surface area contributed by atoms with Gasteiger partial charge in [0.05, 0.1) is 22.4 Å². The molecule has 0 aromatic rings. The van der Waals surface area contributed by atoms with Gasteiger partial charge < -0.3 is 0 Å². The fourth-order valence-electron chi connectivity index (χ4n) is 1.63. The Morgan fingerprint density at radius 3 is 0.571 bits per heavy atom. The molecule has 0 aliphatic carbocycles. The molecule has 0 aliphatic rings. The second-order valence-electron chi connectivity index (χ2n) is 9.36. The van der Waals surface area contributed by atoms with E-state index in [4.69, 9.17) is 18.9 Å². The highest BCUT2D eigenvalue weighted by Crippen LogP contribution is 2.36. The van der Waals surface area contributed by atoms with Crippen LogP contribution in [-0.4, -0.2) is 28.6 Å². The summed E-state index contributed by atoms with van der Waals surface area (Å²) in [4.78, 5) is 0. The van der Waals surface area contributed by atoms with Gasteiger partial charge in [0, 0.05) is 0 Å². The van der Waals surface area contributed by atoms with Crippen molar-refractivity contribution in [2.24, 2.45) is 0 Å². The van der Waals surface area contributed by atoms with Gasteiger partial charge in [0.25, 0.3) is 0 Å². The van der Waals surface area contributed by atoms with Gasteiger partial charge in [-0.1, -0.05) is 0 Å². The van der Waals surface area contributed by atoms with Crippen LogP contribution in [0.4, 0.5) is 0 Å². The molecule has 0 spiro atoms. The molecule has 0 radical (unpaired) electrons. The molecule has 0 rings (SSSR count). The maximum Gasteiger partial charge on any atom is 0.414 e. The van der Waals surface area contributed by atoms with Crippen molar-refractivity contribution in [1.29, 1.82) is 0 Å². The molecule has 0 saturated carbocycles. The molecule has 0 N–H and O–H groups in total. The van der Waals surface area contributed by atoms with Gasteiger partial charge in [0.1, 0.15) is 0 Å². The molecule has 0 fully saturated rings. The highest BCUT2D eigenvalue weighted by molar-refractivity contribution is 4.73. The van der Waals surface area contributed by atoms with Gasteiger partial charge in [-0.2, -0.15) is 0 Å². The van der Waals surface area contributed by atoms with Gasteiger partial charge >= 0.3 is 6.16 Å². The summed E-state index contributed by atoms with van der Waals surface area (Å²) < 4.78 is 24.3. The Bertz CT molecular complexity index is 251. The second kappa shape index (κ2) is 6.15. The van der Waals surface area contributed by atoms with Crippen LogP contribution in [0.2, 0.25) is 0 Å². The van der Waals surface area contributed by atoms with Gasteiger partial charge in [-0.15, -0.1) is 0 Å². The molecule has 0 amide bonds. The van der Waals surface area contributed by atoms with Crippen molar-refractivity contribution in [2.75, 3.05) is 0 Å². The first-order valence-corrected chi connectivity index (χ1v) is 7.63. The lowest BCUT2D eigenvalue weighted by molar-refractivity contribution is -0.559. The summed E-state index contributed by atoms with van der Waals surface area (Å²) in [5.74, 6) is 0. The molecule has 21 heavy (non-hydrogen) atoms. The first-order valence-electron chi connectivity index (χ1n) is 7.63. The summed E-state index contributed by atoms with van der Waals surface area (Å²) in [6.45, 7) is 23.4. The van der Waals surface area contributed by atoms with E-state index in [2.05, 4.69) is 0 Å². The Balaban J connectivity index is 5.70. The number of hydrogen-bond donors (Lipinski definition) is 0. The van der Waals surface area contributed by atoms with Crippen LogP contribution >= 0.6 is 0 Å². The first kappa shape index (κ1) is 20.8. The summed E-state index contributed by atoms with van der Waals surface area (Å²) in [5, 5.41) is 0. The first-order chi connectivity index (χ1) is 8.83. The predicted octanol–water partition coefficient (Wildman–Crippen LogP) is 4.86. The molecule has 0 aliphatic heterocycles. The summed E-state index contributed by atoms with van der Waals surface area (Å²) in [6.07, 6.45) is -1.56. The van der Waals surface area contributed by atoms with E-state index in [1.807, 2.05) is 83.1 Å². The molecule has 128 valence electrons. The number of ether oxygens (including phenoxy) is 4. The van der Waals surface area contributed by atoms with Crippen LogP contribution in [0.15, 0.2) is 0 Å². The van der Waals surface area contributed by atoms with E-state index >= 15 is 0 Å². The quantitative estimate of drug-likeness (QED) is 0.695. The van der Waals surface area contributed by atoms with E-state index < -0.39 is 28.6 Å². The average Bonchev–Trinajstić information content (AvgIpc) is 1.83. The summed E-state index contributed by atoms with van der Waals surface area (Å²) in [5.41, 5.74) is -1.94. The van der Waals surface area contributed by atoms with E-state index in [-0.39, 0.29) is 0 Å². The topological polar surface area (TPSA) is 36.9 Å². The molecular formula is C17H36O4. The summed E-state index contributed by atoms with van der Waals surface area (Å²) in [7, 11) is 0. The van der Waals surface area contributed by atoms with Crippen molar-refractivity contribution >= 4 is 0 Å². The number of hydrogen-bond acceptors (Lipinski definition) is 4. The third kappa shape index (κ3) is 11.1. The number of rotatable bonds is 4. The Labute approximate surface area is 131 Å². The Kier molecular flexibility index (Phi) is 6.10. The normalized spacial score (nSPS) is 15.4. The lowest BCUT2D eigenvalue weighted by atomic mass is 10.1. The molecule has 0 unspecified atom stereocenters.